The summed E-state index contributed by atoms with van der Waals surface area (Å²) >= 11 is 0. The minimum Gasteiger partial charge on any atom is -0.502 e. The number of nitrogens with two attached hydrogens (primary N) is 2. The molecule has 6 atom stereocenters. The molecule has 13 nitrogen and oxygen atoms in total. The van der Waals surface area contributed by atoms with Crippen LogP contribution in [0, 0.1) is 35.5 Å². The molecular weight excluding hydrogens is 512 g/mol. The van der Waals surface area contributed by atoms with Crippen molar-refractivity contribution in [3.05, 3.63) is 35.4 Å². The number of likely N-dealkylation sites (tertiary alicyclic amines) is 2. The summed E-state index contributed by atoms with van der Waals surface area (Å²) in [5.41, 5.74) is 11.8. The molecule has 2 aliphatic carbocycles. The predicted molar refractivity (Wildman–Crippen MR) is 131 cm³/mol. The second-order valence-electron chi connectivity index (χ2n) is 9.91. The zero-order valence-corrected chi connectivity index (χ0v) is 21.0. The average Bonchev–Trinajstić information content (AvgIpc) is 3.31. The Morgan fingerprint density at radius 3 is 1.95 bits per heavy atom. The number of imide groups is 6. The summed E-state index contributed by atoms with van der Waals surface area (Å²) in [4.78, 5) is 77.2. The number of urea groups is 2. The zero-order chi connectivity index (χ0) is 28.3. The molecule has 4 aliphatic rings. The summed E-state index contributed by atoms with van der Waals surface area (Å²) in [6.07, 6.45) is 5.22. The summed E-state index contributed by atoms with van der Waals surface area (Å²) in [5, 5.41) is 10.2. The van der Waals surface area contributed by atoms with Crippen molar-refractivity contribution in [3.63, 3.8) is 0 Å². The smallest absolute Gasteiger partial charge is 0.328 e. The van der Waals surface area contributed by atoms with Gasteiger partial charge in [0.15, 0.2) is 11.5 Å². The molecular formula is C26H26N4O9. The van der Waals surface area contributed by atoms with Gasteiger partial charge in [-0.2, -0.15) is 9.80 Å². The predicted octanol–water partition coefficient (Wildman–Crippen LogP) is 0.749. The molecule has 1 aromatic carbocycles. The van der Waals surface area contributed by atoms with Gasteiger partial charge in [0, 0.05) is 5.92 Å². The van der Waals surface area contributed by atoms with Crippen molar-refractivity contribution in [2.75, 3.05) is 14.2 Å². The Kier molecular flexibility index (Phi) is 6.16. The number of primary amides is 2. The topological polar surface area (TPSA) is 200 Å². The Morgan fingerprint density at radius 2 is 1.41 bits per heavy atom. The Labute approximate surface area is 222 Å². The van der Waals surface area contributed by atoms with E-state index in [1.807, 2.05) is 0 Å². The molecule has 204 valence electrons. The van der Waals surface area contributed by atoms with E-state index in [-0.39, 0.29) is 30.1 Å². The number of carbonyl (C=O) groups excluding carboxylic acids is 6. The number of aromatic hydroxyl groups is 1. The van der Waals surface area contributed by atoms with Crippen LogP contribution in [0.2, 0.25) is 0 Å². The minimum absolute atomic E-state index is 0.0167. The molecule has 0 unspecified atom stereocenters. The molecule has 1 aromatic rings. The molecule has 3 fully saturated rings. The maximum atomic E-state index is 13.3. The number of phenols is 1. The Morgan fingerprint density at radius 1 is 0.872 bits per heavy atom. The number of allylic oxidation sites excluding steroid dienone is 3. The van der Waals surface area contributed by atoms with E-state index >= 15 is 0 Å². The number of hydrogen-bond donors (Lipinski definition) is 3. The highest BCUT2D eigenvalue weighted by Gasteiger charge is 2.62. The van der Waals surface area contributed by atoms with Crippen LogP contribution in [0.5, 0.6) is 17.2 Å². The van der Waals surface area contributed by atoms with E-state index < -0.39 is 71.2 Å². The minimum atomic E-state index is -1.20. The van der Waals surface area contributed by atoms with Gasteiger partial charge in [-0.1, -0.05) is 23.8 Å². The van der Waals surface area contributed by atoms with Gasteiger partial charge < -0.3 is 26.0 Å². The van der Waals surface area contributed by atoms with Crippen LogP contribution in [0.4, 0.5) is 9.59 Å². The van der Waals surface area contributed by atoms with Gasteiger partial charge in [-0.05, 0) is 36.5 Å². The standard InChI is InChI=1S/C26H26N4O9/c1-38-16-7-10(8-17(39-2)20(16)31)3-4-12-11-5-6-13-19(24(35)29(21(13)32)25(27)36)14(11)9-15-18(12)23(34)30(22(15)33)26(28)37/h3-5,7-8,12-15,18-19,31H,6,9H2,1-2H3,(H2,27,36)(H2,28,37)/t12-,13-,14+,15+,18-,19-/m0/s1. The largest absolute Gasteiger partial charge is 0.502 e. The van der Waals surface area contributed by atoms with Gasteiger partial charge in [-0.15, -0.1) is 0 Å². The lowest BCUT2D eigenvalue weighted by atomic mass is 9.58. The number of phenolic OH excluding ortho intramolecular Hbond substituents is 1. The zero-order valence-electron chi connectivity index (χ0n) is 21.0. The Hall–Kier alpha value is -4.68. The molecule has 0 radical (unpaired) electrons. The van der Waals surface area contributed by atoms with Gasteiger partial charge in [-0.3, -0.25) is 19.2 Å². The SMILES string of the molecule is COc1cc(C=C[C@H]2C3=CC[C@@H]4C(=O)N(C(N)=O)C(=O)[C@@H]4[C@@H]3C[C@H]3C(=O)N(C(N)=O)C(=O)[C@@H]23)cc(OC)c1O. The maximum absolute atomic E-state index is 13.3. The lowest BCUT2D eigenvalue weighted by Gasteiger charge is -2.42. The highest BCUT2D eigenvalue weighted by molar-refractivity contribution is 6.18. The van der Waals surface area contributed by atoms with E-state index in [1.165, 1.54) is 14.2 Å². The van der Waals surface area contributed by atoms with Crippen molar-refractivity contribution >= 4 is 41.8 Å². The fraction of sp³-hybridized carbons (Fsp3) is 0.385. The lowest BCUT2D eigenvalue weighted by Crippen LogP contribution is -2.44. The number of nitrogens with zero attached hydrogens (tertiary/aromatic N) is 2. The number of benzene rings is 1. The molecule has 1 saturated carbocycles. The van der Waals surface area contributed by atoms with Crippen LogP contribution in [0.15, 0.2) is 29.9 Å². The number of methoxy groups -OCH3 is 2. The molecule has 39 heavy (non-hydrogen) atoms. The molecule has 8 amide bonds. The normalized spacial score (nSPS) is 29.7. The molecule has 5 rings (SSSR count). The van der Waals surface area contributed by atoms with Crippen molar-refractivity contribution < 1.29 is 43.3 Å². The van der Waals surface area contributed by atoms with E-state index in [1.54, 1.807) is 30.4 Å². The van der Waals surface area contributed by atoms with E-state index in [9.17, 15) is 33.9 Å². The van der Waals surface area contributed by atoms with E-state index in [4.69, 9.17) is 20.9 Å². The van der Waals surface area contributed by atoms with Crippen molar-refractivity contribution in [2.45, 2.75) is 12.8 Å². The van der Waals surface area contributed by atoms with Gasteiger partial charge in [-0.25, -0.2) is 9.59 Å². The number of fused-ring (bicyclic) bond motifs is 4. The fourth-order valence-corrected chi connectivity index (χ4v) is 6.51. The number of ether oxygens (including phenoxy) is 2. The number of carbonyl (C=O) groups is 6. The van der Waals surface area contributed by atoms with Crippen LogP contribution in [0.1, 0.15) is 18.4 Å². The number of amides is 8. The van der Waals surface area contributed by atoms with Crippen molar-refractivity contribution in [1.82, 2.24) is 9.80 Å². The second-order valence-corrected chi connectivity index (χ2v) is 9.91. The molecule has 0 spiro atoms. The van der Waals surface area contributed by atoms with E-state index in [2.05, 4.69) is 0 Å². The monoisotopic (exact) mass is 538 g/mol. The number of hydrogen-bond acceptors (Lipinski definition) is 9. The first kappa shape index (κ1) is 25.9. The van der Waals surface area contributed by atoms with Gasteiger partial charge in [0.25, 0.3) is 0 Å². The summed E-state index contributed by atoms with van der Waals surface area (Å²) < 4.78 is 10.4. The second kappa shape index (κ2) is 9.26. The van der Waals surface area contributed by atoms with Crippen LogP contribution in [0.3, 0.4) is 0 Å². The third-order valence-corrected chi connectivity index (χ3v) is 8.14. The third-order valence-electron chi connectivity index (χ3n) is 8.14. The van der Waals surface area contributed by atoms with Crippen LogP contribution in [0.25, 0.3) is 6.08 Å². The summed E-state index contributed by atoms with van der Waals surface area (Å²) in [6, 6.07) is 0.711. The van der Waals surface area contributed by atoms with Crippen LogP contribution < -0.4 is 20.9 Å². The molecule has 2 saturated heterocycles. The molecule has 0 aromatic heterocycles. The fourth-order valence-electron chi connectivity index (χ4n) is 6.51. The first-order chi connectivity index (χ1) is 18.5. The van der Waals surface area contributed by atoms with Crippen LogP contribution in [-0.2, 0) is 19.2 Å². The maximum Gasteiger partial charge on any atom is 0.328 e. The third kappa shape index (κ3) is 3.75. The molecule has 13 heteroatoms. The molecule has 5 N–H and O–H groups in total. The van der Waals surface area contributed by atoms with Gasteiger partial charge in [0.1, 0.15) is 0 Å². The highest BCUT2D eigenvalue weighted by Crippen LogP contribution is 2.55. The number of rotatable bonds is 4. The Bertz CT molecular complexity index is 1370. The summed E-state index contributed by atoms with van der Waals surface area (Å²) in [7, 11) is 2.75. The van der Waals surface area contributed by atoms with Crippen molar-refractivity contribution in [2.24, 2.45) is 47.0 Å². The van der Waals surface area contributed by atoms with Gasteiger partial charge in [0.05, 0.1) is 37.9 Å². The first-order valence-corrected chi connectivity index (χ1v) is 12.2. The molecule has 0 bridgehead atoms. The summed E-state index contributed by atoms with van der Waals surface area (Å²) in [5.74, 6) is -8.00. The van der Waals surface area contributed by atoms with Gasteiger partial charge in [0.2, 0.25) is 29.4 Å². The van der Waals surface area contributed by atoms with Gasteiger partial charge >= 0.3 is 12.1 Å². The molecule has 2 heterocycles. The Balaban J connectivity index is 1.60. The average molecular weight is 539 g/mol. The quantitative estimate of drug-likeness (QED) is 0.365. The van der Waals surface area contributed by atoms with Crippen molar-refractivity contribution in [1.29, 1.82) is 0 Å². The van der Waals surface area contributed by atoms with E-state index in [0.29, 0.717) is 20.9 Å². The van der Waals surface area contributed by atoms with Crippen molar-refractivity contribution in [3.8, 4) is 17.2 Å². The molecule has 2 aliphatic heterocycles. The van der Waals surface area contributed by atoms with E-state index in [0.717, 1.165) is 0 Å². The highest BCUT2D eigenvalue weighted by atomic mass is 16.5. The van der Waals surface area contributed by atoms with Crippen LogP contribution in [-0.4, -0.2) is 64.8 Å². The van der Waals surface area contributed by atoms with Crippen LogP contribution >= 0.6 is 0 Å². The first-order valence-electron chi connectivity index (χ1n) is 12.2. The lowest BCUT2D eigenvalue weighted by molar-refractivity contribution is -0.138. The summed E-state index contributed by atoms with van der Waals surface area (Å²) in [6.45, 7) is 0.